The summed E-state index contributed by atoms with van der Waals surface area (Å²) in [5.41, 5.74) is 3.38. The molecule has 0 unspecified atom stereocenters. The number of aromatic nitrogens is 2. The first-order valence-electron chi connectivity index (χ1n) is 7.91. The summed E-state index contributed by atoms with van der Waals surface area (Å²) in [5, 5.41) is 7.68. The lowest BCUT2D eigenvalue weighted by Gasteiger charge is -2.13. The zero-order valence-electron chi connectivity index (χ0n) is 14.2. The van der Waals surface area contributed by atoms with E-state index in [2.05, 4.69) is 50.6 Å². The van der Waals surface area contributed by atoms with Crippen molar-refractivity contribution in [2.45, 2.75) is 13.1 Å². The second-order valence-corrected chi connectivity index (χ2v) is 6.37. The molecule has 5 nitrogen and oxygen atoms in total. The Bertz CT molecular complexity index is 817. The Morgan fingerprint density at radius 1 is 1.04 bits per heavy atom. The Kier molecular flexibility index (Phi) is 5.73. The molecule has 25 heavy (non-hydrogen) atoms. The third kappa shape index (κ3) is 4.21. The summed E-state index contributed by atoms with van der Waals surface area (Å²) in [4.78, 5) is 0. The molecule has 3 aromatic rings. The number of nitrogens with zero attached hydrogens (tertiary/aromatic N) is 2. The summed E-state index contributed by atoms with van der Waals surface area (Å²) < 4.78 is 13.5. The zero-order chi connectivity index (χ0) is 17.6. The first-order chi connectivity index (χ1) is 12.2. The van der Waals surface area contributed by atoms with Gasteiger partial charge >= 0.3 is 0 Å². The predicted molar refractivity (Wildman–Crippen MR) is 101 cm³/mol. The highest BCUT2D eigenvalue weighted by molar-refractivity contribution is 9.10. The minimum atomic E-state index is 0.715. The summed E-state index contributed by atoms with van der Waals surface area (Å²) in [6, 6.07) is 14.2. The number of methoxy groups -OCH3 is 2. The van der Waals surface area contributed by atoms with Crippen LogP contribution in [0.4, 0.5) is 0 Å². The molecule has 0 radical (unpaired) electrons. The molecule has 0 bridgehead atoms. The van der Waals surface area contributed by atoms with Crippen LogP contribution in [0.15, 0.2) is 59.3 Å². The predicted octanol–water partition coefficient (Wildman–Crippen LogP) is 3.94. The maximum absolute atomic E-state index is 5.36. The molecule has 0 aliphatic heterocycles. The van der Waals surface area contributed by atoms with Gasteiger partial charge in [-0.2, -0.15) is 5.10 Å². The zero-order valence-corrected chi connectivity index (χ0v) is 15.8. The molecular weight excluding hydrogens is 382 g/mol. The summed E-state index contributed by atoms with van der Waals surface area (Å²) in [5.74, 6) is 1.44. The topological polar surface area (TPSA) is 48.3 Å². The maximum Gasteiger partial charge on any atom is 0.161 e. The van der Waals surface area contributed by atoms with Crippen molar-refractivity contribution in [3.8, 4) is 17.2 Å². The normalized spacial score (nSPS) is 10.7. The first kappa shape index (κ1) is 17.5. The lowest BCUT2D eigenvalue weighted by Crippen LogP contribution is -2.13. The van der Waals surface area contributed by atoms with E-state index in [1.165, 1.54) is 5.56 Å². The van der Waals surface area contributed by atoms with Crippen molar-refractivity contribution >= 4 is 15.9 Å². The second-order valence-electron chi connectivity index (χ2n) is 5.52. The molecule has 3 rings (SSSR count). The third-order valence-corrected chi connectivity index (χ3v) is 4.64. The van der Waals surface area contributed by atoms with Gasteiger partial charge in [-0.25, -0.2) is 4.68 Å². The number of hydrogen-bond acceptors (Lipinski definition) is 4. The van der Waals surface area contributed by atoms with E-state index in [-0.39, 0.29) is 0 Å². The van der Waals surface area contributed by atoms with Crippen molar-refractivity contribution in [1.82, 2.24) is 15.1 Å². The van der Waals surface area contributed by atoms with Crippen molar-refractivity contribution in [3.05, 3.63) is 70.5 Å². The standard InChI is InChI=1S/C19H20BrN3O2/c1-24-18-10-15(17(20)11-19(18)25-2)13-21-12-14-4-6-16(7-5-14)23-9-3-8-22-23/h3-11,21H,12-13H2,1-2H3. The van der Waals surface area contributed by atoms with E-state index in [0.29, 0.717) is 5.75 Å². The fourth-order valence-electron chi connectivity index (χ4n) is 2.56. The second kappa shape index (κ2) is 8.18. The highest BCUT2D eigenvalue weighted by atomic mass is 79.9. The Morgan fingerprint density at radius 3 is 2.40 bits per heavy atom. The number of ether oxygens (including phenoxy) is 2. The quantitative estimate of drug-likeness (QED) is 0.651. The van der Waals surface area contributed by atoms with Gasteiger partial charge in [0.05, 0.1) is 19.9 Å². The molecule has 0 saturated heterocycles. The minimum absolute atomic E-state index is 0.715. The van der Waals surface area contributed by atoms with Crippen LogP contribution < -0.4 is 14.8 Å². The Labute approximate surface area is 155 Å². The van der Waals surface area contributed by atoms with E-state index in [1.54, 1.807) is 20.4 Å². The number of rotatable bonds is 7. The number of halogens is 1. The lowest BCUT2D eigenvalue weighted by molar-refractivity contribution is 0.354. The van der Waals surface area contributed by atoms with Gasteiger partial charge in [0.1, 0.15) is 0 Å². The molecule has 6 heteroatoms. The fourth-order valence-corrected chi connectivity index (χ4v) is 3.02. The highest BCUT2D eigenvalue weighted by Gasteiger charge is 2.09. The van der Waals surface area contributed by atoms with E-state index in [9.17, 15) is 0 Å². The van der Waals surface area contributed by atoms with E-state index >= 15 is 0 Å². The molecular formula is C19H20BrN3O2. The van der Waals surface area contributed by atoms with Gasteiger partial charge in [0, 0.05) is 30.0 Å². The minimum Gasteiger partial charge on any atom is -0.493 e. The van der Waals surface area contributed by atoms with Gasteiger partial charge in [-0.1, -0.05) is 28.1 Å². The van der Waals surface area contributed by atoms with E-state index in [1.807, 2.05) is 29.1 Å². The highest BCUT2D eigenvalue weighted by Crippen LogP contribution is 2.33. The maximum atomic E-state index is 5.36. The number of nitrogens with one attached hydrogen (secondary N) is 1. The molecule has 0 aliphatic rings. The Balaban J connectivity index is 1.61. The van der Waals surface area contributed by atoms with Gasteiger partial charge in [-0.3, -0.25) is 0 Å². The van der Waals surface area contributed by atoms with Gasteiger partial charge < -0.3 is 14.8 Å². The van der Waals surface area contributed by atoms with Gasteiger partial charge in [-0.05, 0) is 41.5 Å². The molecule has 1 N–H and O–H groups in total. The average Bonchev–Trinajstić information content (AvgIpc) is 3.18. The van der Waals surface area contributed by atoms with Crippen LogP contribution in [-0.2, 0) is 13.1 Å². The van der Waals surface area contributed by atoms with E-state index in [0.717, 1.165) is 34.6 Å². The fraction of sp³-hybridized carbons (Fsp3) is 0.211. The Morgan fingerprint density at radius 2 is 1.76 bits per heavy atom. The van der Waals surface area contributed by atoms with Crippen LogP contribution in [0.5, 0.6) is 11.5 Å². The SMILES string of the molecule is COc1cc(Br)c(CNCc2ccc(-n3cccn3)cc2)cc1OC. The molecule has 0 amide bonds. The number of benzene rings is 2. The van der Waals surface area contributed by atoms with Crippen LogP contribution in [0.2, 0.25) is 0 Å². The molecule has 0 aliphatic carbocycles. The van der Waals surface area contributed by atoms with Crippen LogP contribution in [0.25, 0.3) is 5.69 Å². The largest absolute Gasteiger partial charge is 0.493 e. The molecule has 1 aromatic heterocycles. The van der Waals surface area contributed by atoms with Crippen LogP contribution in [0, 0.1) is 0 Å². The van der Waals surface area contributed by atoms with Crippen LogP contribution in [0.3, 0.4) is 0 Å². The molecule has 0 spiro atoms. The summed E-state index contributed by atoms with van der Waals surface area (Å²) in [7, 11) is 3.28. The molecule has 2 aromatic carbocycles. The first-order valence-corrected chi connectivity index (χ1v) is 8.70. The van der Waals surface area contributed by atoms with Crippen molar-refractivity contribution in [1.29, 1.82) is 0 Å². The van der Waals surface area contributed by atoms with Gasteiger partial charge in [0.15, 0.2) is 11.5 Å². The molecule has 1 heterocycles. The average molecular weight is 402 g/mol. The monoisotopic (exact) mass is 401 g/mol. The van der Waals surface area contributed by atoms with E-state index < -0.39 is 0 Å². The van der Waals surface area contributed by atoms with Crippen LogP contribution >= 0.6 is 15.9 Å². The van der Waals surface area contributed by atoms with Crippen molar-refractivity contribution in [2.24, 2.45) is 0 Å². The third-order valence-electron chi connectivity index (χ3n) is 3.90. The van der Waals surface area contributed by atoms with Gasteiger partial charge in [0.2, 0.25) is 0 Å². The van der Waals surface area contributed by atoms with Gasteiger partial charge in [0.25, 0.3) is 0 Å². The Hall–Kier alpha value is -2.31. The number of hydrogen-bond donors (Lipinski definition) is 1. The van der Waals surface area contributed by atoms with Crippen molar-refractivity contribution < 1.29 is 9.47 Å². The van der Waals surface area contributed by atoms with Crippen molar-refractivity contribution in [2.75, 3.05) is 14.2 Å². The van der Waals surface area contributed by atoms with Crippen molar-refractivity contribution in [3.63, 3.8) is 0 Å². The summed E-state index contributed by atoms with van der Waals surface area (Å²) in [6.45, 7) is 1.50. The molecule has 0 fully saturated rings. The molecule has 0 saturated carbocycles. The van der Waals surface area contributed by atoms with E-state index in [4.69, 9.17) is 9.47 Å². The molecule has 130 valence electrons. The van der Waals surface area contributed by atoms with Crippen LogP contribution in [-0.4, -0.2) is 24.0 Å². The lowest BCUT2D eigenvalue weighted by atomic mass is 10.1. The summed E-state index contributed by atoms with van der Waals surface area (Å²) >= 11 is 3.58. The van der Waals surface area contributed by atoms with Crippen LogP contribution in [0.1, 0.15) is 11.1 Å². The summed E-state index contributed by atoms with van der Waals surface area (Å²) in [6.07, 6.45) is 3.71. The smallest absolute Gasteiger partial charge is 0.161 e. The van der Waals surface area contributed by atoms with Gasteiger partial charge in [-0.15, -0.1) is 0 Å². The molecule has 0 atom stereocenters.